The number of primary amides is 2. The Morgan fingerprint density at radius 2 is 1.70 bits per heavy atom. The molecule has 0 aliphatic carbocycles. The fraction of sp³-hybridized carbons (Fsp3) is 0.552. The molecule has 11 heteroatoms. The topological polar surface area (TPSA) is 154 Å². The number of nitrogen functional groups attached to an aromatic ring is 1. The van der Waals surface area contributed by atoms with E-state index in [2.05, 4.69) is 48.7 Å². The number of amides is 3. The summed E-state index contributed by atoms with van der Waals surface area (Å²) in [6.45, 7) is 21.1. The van der Waals surface area contributed by atoms with Crippen LogP contribution in [-0.2, 0) is 19.1 Å². The number of halogens is 1. The van der Waals surface area contributed by atoms with Crippen LogP contribution in [-0.4, -0.2) is 62.5 Å². The Morgan fingerprint density at radius 3 is 2.23 bits per heavy atom. The molecular weight excluding hydrogens is 550 g/mol. The summed E-state index contributed by atoms with van der Waals surface area (Å²) in [7, 11) is 0. The zero-order chi connectivity index (χ0) is 30.9. The molecule has 9 nitrogen and oxygen atoms in total. The van der Waals surface area contributed by atoms with E-state index in [9.17, 15) is 4.79 Å². The second-order valence-electron chi connectivity index (χ2n) is 8.63. The maximum Gasteiger partial charge on any atom is 0.220 e. The van der Waals surface area contributed by atoms with Crippen LogP contribution in [0.5, 0.6) is 0 Å². The zero-order valence-electron chi connectivity index (χ0n) is 24.6. The summed E-state index contributed by atoms with van der Waals surface area (Å²) in [4.78, 5) is 34.1. The Kier molecular flexibility index (Phi) is 25.2. The Morgan fingerprint density at radius 1 is 1.15 bits per heavy atom. The summed E-state index contributed by atoms with van der Waals surface area (Å²) in [5.41, 5.74) is 16.2. The summed E-state index contributed by atoms with van der Waals surface area (Å²) >= 11 is 7.54. The molecule has 1 fully saturated rings. The molecule has 1 aliphatic heterocycles. The fourth-order valence-electron chi connectivity index (χ4n) is 3.93. The van der Waals surface area contributed by atoms with E-state index in [1.165, 1.54) is 17.3 Å². The van der Waals surface area contributed by atoms with Crippen LogP contribution in [0.3, 0.4) is 0 Å². The SMILES string of the molecule is C=C(CC(NC(=O)CCC(=C)Sc1cc(Cl)ccc1N)C1CCOCC1)CN(CC)CC.CC.NC=O.NC=O. The van der Waals surface area contributed by atoms with Crippen LogP contribution in [0.2, 0.25) is 5.02 Å². The van der Waals surface area contributed by atoms with Gasteiger partial charge >= 0.3 is 0 Å². The average Bonchev–Trinajstić information content (AvgIpc) is 2.94. The third-order valence-electron chi connectivity index (χ3n) is 5.89. The van der Waals surface area contributed by atoms with Crippen molar-refractivity contribution in [3.8, 4) is 0 Å². The van der Waals surface area contributed by atoms with Gasteiger partial charge in [-0.1, -0.05) is 69.8 Å². The van der Waals surface area contributed by atoms with Gasteiger partial charge < -0.3 is 27.3 Å². The molecule has 40 heavy (non-hydrogen) atoms. The molecule has 1 saturated heterocycles. The third kappa shape index (κ3) is 18.7. The van der Waals surface area contributed by atoms with Crippen molar-refractivity contribution < 1.29 is 19.1 Å². The van der Waals surface area contributed by atoms with Gasteiger partial charge in [0.1, 0.15) is 0 Å². The summed E-state index contributed by atoms with van der Waals surface area (Å²) in [5, 5.41) is 3.93. The smallest absolute Gasteiger partial charge is 0.220 e. The zero-order valence-corrected chi connectivity index (χ0v) is 26.2. The largest absolute Gasteiger partial charge is 0.398 e. The summed E-state index contributed by atoms with van der Waals surface area (Å²) < 4.78 is 5.54. The first kappa shape index (κ1) is 39.6. The van der Waals surface area contributed by atoms with Crippen molar-refractivity contribution in [2.75, 3.05) is 38.6 Å². The highest BCUT2D eigenvalue weighted by Crippen LogP contribution is 2.34. The molecule has 1 atom stereocenters. The number of rotatable bonds is 13. The fourth-order valence-corrected chi connectivity index (χ4v) is 5.05. The lowest BCUT2D eigenvalue weighted by atomic mass is 9.87. The van der Waals surface area contributed by atoms with E-state index in [1.807, 2.05) is 19.9 Å². The first-order valence-electron chi connectivity index (χ1n) is 13.6. The number of benzene rings is 1. The Labute approximate surface area is 250 Å². The van der Waals surface area contributed by atoms with E-state index in [-0.39, 0.29) is 24.8 Å². The van der Waals surface area contributed by atoms with Crippen LogP contribution in [0, 0.1) is 5.92 Å². The number of hydrogen-bond donors (Lipinski definition) is 4. The van der Waals surface area contributed by atoms with Crippen molar-refractivity contribution in [2.24, 2.45) is 17.4 Å². The van der Waals surface area contributed by atoms with Gasteiger partial charge in [-0.2, -0.15) is 0 Å². The van der Waals surface area contributed by atoms with Crippen molar-refractivity contribution in [3.05, 3.63) is 46.9 Å². The predicted molar refractivity (Wildman–Crippen MR) is 169 cm³/mol. The summed E-state index contributed by atoms with van der Waals surface area (Å²) in [6.07, 6.45) is 4.24. The maximum absolute atomic E-state index is 12.8. The first-order chi connectivity index (χ1) is 19.1. The van der Waals surface area contributed by atoms with Crippen molar-refractivity contribution in [1.29, 1.82) is 0 Å². The molecule has 0 bridgehead atoms. The maximum atomic E-state index is 12.8. The van der Waals surface area contributed by atoms with E-state index in [4.69, 9.17) is 31.7 Å². The van der Waals surface area contributed by atoms with Gasteiger partial charge in [-0.05, 0) is 67.8 Å². The van der Waals surface area contributed by atoms with E-state index >= 15 is 0 Å². The number of nitrogens with two attached hydrogens (primary N) is 3. The molecule has 3 amide bonds. The lowest BCUT2D eigenvalue weighted by molar-refractivity contribution is -0.122. The predicted octanol–water partition coefficient (Wildman–Crippen LogP) is 4.74. The quantitative estimate of drug-likeness (QED) is 0.110. The number of hydrogen-bond acceptors (Lipinski definition) is 7. The van der Waals surface area contributed by atoms with E-state index in [1.54, 1.807) is 12.1 Å². The van der Waals surface area contributed by atoms with Gasteiger partial charge in [0.05, 0.1) is 0 Å². The minimum atomic E-state index is 0.0537. The molecule has 228 valence electrons. The van der Waals surface area contributed by atoms with Gasteiger partial charge in [-0.15, -0.1) is 0 Å². The van der Waals surface area contributed by atoms with Gasteiger partial charge in [0.2, 0.25) is 18.7 Å². The molecule has 1 aromatic carbocycles. The van der Waals surface area contributed by atoms with Crippen LogP contribution in [0.1, 0.15) is 59.8 Å². The van der Waals surface area contributed by atoms with Crippen LogP contribution < -0.4 is 22.5 Å². The third-order valence-corrected chi connectivity index (χ3v) is 7.19. The molecule has 1 aromatic rings. The van der Waals surface area contributed by atoms with E-state index in [0.717, 1.165) is 61.9 Å². The molecule has 0 saturated carbocycles. The van der Waals surface area contributed by atoms with Crippen molar-refractivity contribution in [2.45, 2.75) is 70.7 Å². The molecule has 0 spiro atoms. The number of likely N-dealkylation sites (N-methyl/N-ethyl adjacent to an activating group) is 1. The number of nitrogens with one attached hydrogen (secondary N) is 1. The lowest BCUT2D eigenvalue weighted by Gasteiger charge is -2.32. The standard InChI is InChI=1S/C25H38ClN3O2S.C2H6.2CH3NO/c1-5-29(6-2)17-18(3)15-23(20-11-13-31-14-12-20)28-25(30)10-7-19(4)32-24-16-21(26)8-9-22(24)27;1-2;2*2-1-3/h8-9,16,20,23H,3-7,10-15,17,27H2,1-2H3,(H,28,30);1-2H3;2*1H,(H2,2,3). The number of allylic oxidation sites excluding steroid dienone is 1. The minimum absolute atomic E-state index is 0.0537. The molecule has 0 radical (unpaired) electrons. The number of ether oxygens (including phenoxy) is 1. The number of anilines is 1. The number of carbonyl (C=O) groups is 3. The van der Waals surface area contributed by atoms with Crippen LogP contribution in [0.15, 0.2) is 46.7 Å². The Bertz CT molecular complexity index is 872. The summed E-state index contributed by atoms with van der Waals surface area (Å²) in [5.74, 6) is 0.475. The monoisotopic (exact) mass is 599 g/mol. The molecule has 7 N–H and O–H groups in total. The second kappa shape index (κ2) is 25.4. The van der Waals surface area contributed by atoms with Gasteiger partial charge in [0.25, 0.3) is 0 Å². The average molecular weight is 600 g/mol. The summed E-state index contributed by atoms with van der Waals surface area (Å²) in [6, 6.07) is 5.48. The van der Waals surface area contributed by atoms with Gasteiger partial charge in [0.15, 0.2) is 0 Å². The van der Waals surface area contributed by atoms with Crippen LogP contribution >= 0.6 is 23.4 Å². The van der Waals surface area contributed by atoms with Gasteiger partial charge in [-0.25, -0.2) is 0 Å². The van der Waals surface area contributed by atoms with Crippen LogP contribution in [0.25, 0.3) is 0 Å². The van der Waals surface area contributed by atoms with Crippen LogP contribution in [0.4, 0.5) is 5.69 Å². The highest BCUT2D eigenvalue weighted by molar-refractivity contribution is 8.03. The van der Waals surface area contributed by atoms with E-state index in [0.29, 0.717) is 29.5 Å². The molecular formula is C29H50ClN5O4S. The molecule has 1 unspecified atom stereocenters. The lowest BCUT2D eigenvalue weighted by Crippen LogP contribution is -2.43. The molecule has 2 rings (SSSR count). The van der Waals surface area contributed by atoms with Crippen molar-refractivity contribution in [3.63, 3.8) is 0 Å². The minimum Gasteiger partial charge on any atom is -0.398 e. The molecule has 0 aromatic heterocycles. The second-order valence-corrected chi connectivity index (χ2v) is 10.3. The normalized spacial score (nSPS) is 13.2. The highest BCUT2D eigenvalue weighted by atomic mass is 35.5. The van der Waals surface area contributed by atoms with Crippen molar-refractivity contribution >= 4 is 47.8 Å². The number of carbonyl (C=O) groups excluding carboxylic acids is 3. The molecule has 1 heterocycles. The van der Waals surface area contributed by atoms with E-state index < -0.39 is 0 Å². The Hall–Kier alpha value is -2.53. The van der Waals surface area contributed by atoms with Gasteiger partial charge in [0, 0.05) is 47.8 Å². The Balaban J connectivity index is 0. The molecule has 1 aliphatic rings. The van der Waals surface area contributed by atoms with Crippen molar-refractivity contribution in [1.82, 2.24) is 10.2 Å². The first-order valence-corrected chi connectivity index (χ1v) is 14.8. The van der Waals surface area contributed by atoms with Gasteiger partial charge in [-0.3, -0.25) is 19.3 Å². The number of thioether (sulfide) groups is 1. The number of nitrogens with zero attached hydrogens (tertiary/aromatic N) is 1. The highest BCUT2D eigenvalue weighted by Gasteiger charge is 2.26.